The van der Waals surface area contributed by atoms with E-state index >= 15 is 0 Å². The monoisotopic (exact) mass is 284 g/mol. The van der Waals surface area contributed by atoms with Crippen molar-refractivity contribution in [2.45, 2.75) is 31.8 Å². The van der Waals surface area contributed by atoms with E-state index in [1.807, 2.05) is 6.07 Å². The summed E-state index contributed by atoms with van der Waals surface area (Å²) in [7, 11) is 2.30. The lowest BCUT2D eigenvalue weighted by Gasteiger charge is -2.29. The molecule has 2 aliphatic rings. The van der Waals surface area contributed by atoms with Crippen LogP contribution in [-0.4, -0.2) is 42.5 Å². The summed E-state index contributed by atoms with van der Waals surface area (Å²) in [5.74, 6) is 0.848. The van der Waals surface area contributed by atoms with Crippen LogP contribution in [0.4, 0.5) is 0 Å². The van der Waals surface area contributed by atoms with Crippen LogP contribution < -0.4 is 0 Å². The van der Waals surface area contributed by atoms with E-state index in [2.05, 4.69) is 22.2 Å². The molecule has 2 aliphatic heterocycles. The second-order valence-corrected chi connectivity index (χ2v) is 7.18. The van der Waals surface area contributed by atoms with Gasteiger partial charge >= 0.3 is 0 Å². The van der Waals surface area contributed by atoms with Crippen LogP contribution in [0, 0.1) is 5.92 Å². The zero-order valence-corrected chi connectivity index (χ0v) is 12.5. The van der Waals surface area contributed by atoms with Crippen molar-refractivity contribution in [2.24, 2.45) is 5.92 Å². The van der Waals surface area contributed by atoms with Crippen LogP contribution in [0.3, 0.4) is 0 Å². The number of likely N-dealkylation sites (N-methyl/N-ethyl adjacent to an activating group) is 1. The van der Waals surface area contributed by atoms with E-state index in [1.165, 1.54) is 43.8 Å². The summed E-state index contributed by atoms with van der Waals surface area (Å²) < 4.78 is 0. The summed E-state index contributed by atoms with van der Waals surface area (Å²) in [6, 6.07) is 2.77. The zero-order chi connectivity index (χ0) is 12.5. The van der Waals surface area contributed by atoms with E-state index in [9.17, 15) is 0 Å². The van der Waals surface area contributed by atoms with Crippen molar-refractivity contribution < 1.29 is 0 Å². The van der Waals surface area contributed by atoms with Gasteiger partial charge in [-0.25, -0.2) is 0 Å². The third-order valence-corrected chi connectivity index (χ3v) is 5.73. The van der Waals surface area contributed by atoms with Gasteiger partial charge < -0.3 is 4.90 Å². The Labute approximate surface area is 119 Å². The molecule has 2 fully saturated rings. The Morgan fingerprint density at radius 3 is 3.00 bits per heavy atom. The van der Waals surface area contributed by atoms with Gasteiger partial charge in [0, 0.05) is 37.1 Å². The van der Waals surface area contributed by atoms with Crippen molar-refractivity contribution in [1.82, 2.24) is 9.80 Å². The standard InChI is InChI=1S/C14H21ClN2S/c1-16-7-11-3-2-4-12(16)9-17(8-11)10-14-13(15)5-6-18-14/h5-6,11-12H,2-4,7-10H2,1H3/t11-,12-/m0/s1. The van der Waals surface area contributed by atoms with Crippen LogP contribution >= 0.6 is 22.9 Å². The number of rotatable bonds is 2. The average molecular weight is 285 g/mol. The molecule has 18 heavy (non-hydrogen) atoms. The van der Waals surface area contributed by atoms with Crippen LogP contribution in [0.1, 0.15) is 24.1 Å². The van der Waals surface area contributed by atoms with E-state index in [0.717, 1.165) is 23.5 Å². The minimum atomic E-state index is 0.747. The molecular formula is C14H21ClN2S. The number of nitrogens with zero attached hydrogens (tertiary/aromatic N) is 2. The molecule has 0 aliphatic carbocycles. The topological polar surface area (TPSA) is 6.48 Å². The largest absolute Gasteiger partial charge is 0.302 e. The fourth-order valence-electron chi connectivity index (χ4n) is 3.40. The van der Waals surface area contributed by atoms with E-state index in [-0.39, 0.29) is 0 Å². The minimum absolute atomic E-state index is 0.747. The molecule has 2 nitrogen and oxygen atoms in total. The maximum absolute atomic E-state index is 6.22. The summed E-state index contributed by atoms with van der Waals surface area (Å²) in [5, 5.41) is 3.05. The van der Waals surface area contributed by atoms with Crippen molar-refractivity contribution in [3.05, 3.63) is 21.3 Å². The predicted octanol–water partition coefficient (Wildman–Crippen LogP) is 3.32. The smallest absolute Gasteiger partial charge is 0.0558 e. The lowest BCUT2D eigenvalue weighted by molar-refractivity contribution is 0.188. The van der Waals surface area contributed by atoms with Crippen LogP contribution in [0.2, 0.25) is 5.02 Å². The summed E-state index contributed by atoms with van der Waals surface area (Å²) in [6.07, 6.45) is 4.17. The molecule has 0 spiro atoms. The summed E-state index contributed by atoms with van der Waals surface area (Å²) in [6.45, 7) is 4.77. The van der Waals surface area contributed by atoms with Gasteiger partial charge in [-0.15, -0.1) is 11.3 Å². The molecule has 0 amide bonds. The Balaban J connectivity index is 1.72. The first-order valence-corrected chi connectivity index (χ1v) is 8.12. The van der Waals surface area contributed by atoms with E-state index in [1.54, 1.807) is 11.3 Å². The van der Waals surface area contributed by atoms with Crippen LogP contribution in [0.5, 0.6) is 0 Å². The molecule has 0 saturated carbocycles. The van der Waals surface area contributed by atoms with E-state index < -0.39 is 0 Å². The fraction of sp³-hybridized carbons (Fsp3) is 0.714. The molecule has 0 aromatic carbocycles. The van der Waals surface area contributed by atoms with Crippen molar-refractivity contribution in [1.29, 1.82) is 0 Å². The molecule has 1 aromatic rings. The van der Waals surface area contributed by atoms with Gasteiger partial charge in [0.15, 0.2) is 0 Å². The number of halogens is 1. The SMILES string of the molecule is CN1C[C@@H]2CCC[C@H]1CN(Cc1sccc1Cl)C2. The normalized spacial score (nSPS) is 30.3. The molecule has 100 valence electrons. The molecule has 3 rings (SSSR count). The van der Waals surface area contributed by atoms with Crippen molar-refractivity contribution >= 4 is 22.9 Å². The highest BCUT2D eigenvalue weighted by atomic mass is 35.5. The first-order valence-electron chi connectivity index (χ1n) is 6.87. The third-order valence-electron chi connectivity index (χ3n) is 4.36. The van der Waals surface area contributed by atoms with E-state index in [0.29, 0.717) is 0 Å². The Morgan fingerprint density at radius 1 is 1.33 bits per heavy atom. The van der Waals surface area contributed by atoms with Gasteiger partial charge in [0.1, 0.15) is 0 Å². The van der Waals surface area contributed by atoms with Gasteiger partial charge in [-0.2, -0.15) is 0 Å². The number of fused-ring (bicyclic) bond motifs is 3. The van der Waals surface area contributed by atoms with Crippen LogP contribution in [0.15, 0.2) is 11.4 Å². The quantitative estimate of drug-likeness (QED) is 0.822. The Kier molecular flexibility index (Phi) is 3.94. The number of hydrogen-bond donors (Lipinski definition) is 0. The molecule has 3 heterocycles. The van der Waals surface area contributed by atoms with Crippen molar-refractivity contribution in [3.8, 4) is 0 Å². The molecule has 0 radical (unpaired) electrons. The van der Waals surface area contributed by atoms with Crippen LogP contribution in [0.25, 0.3) is 0 Å². The molecule has 1 aromatic heterocycles. The molecule has 2 atom stereocenters. The molecule has 0 N–H and O–H groups in total. The number of likely N-dealkylation sites (tertiary alicyclic amines) is 1. The highest BCUT2D eigenvalue weighted by molar-refractivity contribution is 7.10. The minimum Gasteiger partial charge on any atom is -0.302 e. The first kappa shape index (κ1) is 12.9. The second kappa shape index (κ2) is 5.49. The Morgan fingerprint density at radius 2 is 2.22 bits per heavy atom. The highest BCUT2D eigenvalue weighted by Crippen LogP contribution is 2.29. The number of thiophene rings is 1. The van der Waals surface area contributed by atoms with Crippen molar-refractivity contribution in [2.75, 3.05) is 26.7 Å². The van der Waals surface area contributed by atoms with Gasteiger partial charge in [0.2, 0.25) is 0 Å². The molecule has 0 unspecified atom stereocenters. The van der Waals surface area contributed by atoms with Gasteiger partial charge in [0.25, 0.3) is 0 Å². The summed E-state index contributed by atoms with van der Waals surface area (Å²) >= 11 is 8.01. The lowest BCUT2D eigenvalue weighted by atomic mass is 10.00. The Hall–Kier alpha value is -0.0900. The maximum atomic E-state index is 6.22. The molecule has 2 saturated heterocycles. The summed E-state index contributed by atoms with van der Waals surface area (Å²) in [4.78, 5) is 6.53. The van der Waals surface area contributed by atoms with Crippen molar-refractivity contribution in [3.63, 3.8) is 0 Å². The Bertz CT molecular complexity index is 406. The van der Waals surface area contributed by atoms with E-state index in [4.69, 9.17) is 11.6 Å². The van der Waals surface area contributed by atoms with Gasteiger partial charge in [-0.1, -0.05) is 18.0 Å². The predicted molar refractivity (Wildman–Crippen MR) is 78.4 cm³/mol. The lowest BCUT2D eigenvalue weighted by Crippen LogP contribution is -2.38. The van der Waals surface area contributed by atoms with Crippen LogP contribution in [-0.2, 0) is 6.54 Å². The number of hydrogen-bond acceptors (Lipinski definition) is 3. The first-order chi connectivity index (χ1) is 8.72. The highest BCUT2D eigenvalue weighted by Gasteiger charge is 2.30. The molecule has 4 heteroatoms. The average Bonchev–Trinajstić information content (AvgIpc) is 2.53. The summed E-state index contributed by atoms with van der Waals surface area (Å²) in [5.41, 5.74) is 0. The third kappa shape index (κ3) is 2.74. The van der Waals surface area contributed by atoms with Gasteiger partial charge in [0.05, 0.1) is 5.02 Å². The molecular weight excluding hydrogens is 264 g/mol. The zero-order valence-electron chi connectivity index (χ0n) is 10.9. The fourth-order valence-corrected chi connectivity index (χ4v) is 4.53. The van der Waals surface area contributed by atoms with Gasteiger partial charge in [-0.05, 0) is 37.3 Å². The molecule has 2 bridgehead atoms. The van der Waals surface area contributed by atoms with Gasteiger partial charge in [-0.3, -0.25) is 4.90 Å². The maximum Gasteiger partial charge on any atom is 0.0558 e. The second-order valence-electron chi connectivity index (χ2n) is 5.78.